The highest BCUT2D eigenvalue weighted by molar-refractivity contribution is 5.81. The van der Waals surface area contributed by atoms with Crippen LogP contribution in [0.1, 0.15) is 20.8 Å². The van der Waals surface area contributed by atoms with Gasteiger partial charge < -0.3 is 28.4 Å². The molecule has 3 atom stereocenters. The molecule has 0 spiro atoms. The van der Waals surface area contributed by atoms with Gasteiger partial charge >= 0.3 is 17.9 Å². The number of carbonyl (C=O) groups excluding carboxylic acids is 3. The third kappa shape index (κ3) is 14.5. The summed E-state index contributed by atoms with van der Waals surface area (Å²) in [5.41, 5.74) is 0. The van der Waals surface area contributed by atoms with Gasteiger partial charge in [0.2, 0.25) is 0 Å². The van der Waals surface area contributed by atoms with Gasteiger partial charge in [-0.2, -0.15) is 0 Å². The Bertz CT molecular complexity index is 539. The smallest absolute Gasteiger partial charge is 0.330 e. The first kappa shape index (κ1) is 27.5. The van der Waals surface area contributed by atoms with E-state index >= 15 is 0 Å². The van der Waals surface area contributed by atoms with Gasteiger partial charge in [0.05, 0.1) is 31.5 Å². The minimum absolute atomic E-state index is 0.0281. The molecule has 0 saturated heterocycles. The number of hydrogen-bond acceptors (Lipinski definition) is 9. The van der Waals surface area contributed by atoms with Crippen molar-refractivity contribution in [3.63, 3.8) is 0 Å². The van der Waals surface area contributed by atoms with Crippen molar-refractivity contribution in [3.8, 4) is 0 Å². The third-order valence-electron chi connectivity index (χ3n) is 3.44. The molecule has 0 aliphatic rings. The van der Waals surface area contributed by atoms with Crippen LogP contribution in [-0.2, 0) is 42.8 Å². The fourth-order valence-corrected chi connectivity index (χ4v) is 1.91. The molecule has 0 aliphatic carbocycles. The van der Waals surface area contributed by atoms with Gasteiger partial charge in [-0.3, -0.25) is 0 Å². The highest BCUT2D eigenvalue weighted by atomic mass is 16.6. The highest BCUT2D eigenvalue weighted by Crippen LogP contribution is 2.06. The second kappa shape index (κ2) is 16.3. The molecular weight excluding hydrogens is 396 g/mol. The topological polar surface area (TPSA) is 107 Å². The normalized spacial score (nSPS) is 14.5. The van der Waals surface area contributed by atoms with Crippen LogP contribution in [0.25, 0.3) is 0 Å². The van der Waals surface area contributed by atoms with Gasteiger partial charge in [-0.25, -0.2) is 14.4 Å². The Kier molecular flexibility index (Phi) is 15.0. The maximum atomic E-state index is 11.2. The molecule has 0 aromatic carbocycles. The Hall–Kier alpha value is -2.49. The zero-order valence-corrected chi connectivity index (χ0v) is 17.9. The Morgan fingerprint density at radius 3 is 1.30 bits per heavy atom. The van der Waals surface area contributed by atoms with E-state index in [1.165, 1.54) is 0 Å². The molecular formula is C21H32O9. The van der Waals surface area contributed by atoms with E-state index in [4.69, 9.17) is 28.4 Å². The summed E-state index contributed by atoms with van der Waals surface area (Å²) in [6.45, 7) is 15.6. The Morgan fingerprint density at radius 2 is 0.967 bits per heavy atom. The van der Waals surface area contributed by atoms with Crippen molar-refractivity contribution in [2.24, 2.45) is 0 Å². The largest absolute Gasteiger partial charge is 0.460 e. The molecule has 0 N–H and O–H groups in total. The zero-order chi connectivity index (χ0) is 22.9. The quantitative estimate of drug-likeness (QED) is 0.195. The van der Waals surface area contributed by atoms with E-state index in [2.05, 4.69) is 19.7 Å². The molecule has 3 unspecified atom stereocenters. The molecule has 9 heteroatoms. The lowest BCUT2D eigenvalue weighted by molar-refractivity contribution is -0.155. The number of rotatable bonds is 17. The van der Waals surface area contributed by atoms with E-state index in [1.807, 2.05) is 0 Å². The summed E-state index contributed by atoms with van der Waals surface area (Å²) >= 11 is 0. The maximum Gasteiger partial charge on any atom is 0.330 e. The van der Waals surface area contributed by atoms with Crippen LogP contribution in [0.15, 0.2) is 38.0 Å². The molecule has 0 aromatic rings. The van der Waals surface area contributed by atoms with Crippen LogP contribution in [0.2, 0.25) is 0 Å². The monoisotopic (exact) mass is 428 g/mol. The number of esters is 3. The number of hydrogen-bond donors (Lipinski definition) is 0. The summed E-state index contributed by atoms with van der Waals surface area (Å²) < 4.78 is 32.0. The van der Waals surface area contributed by atoms with Crippen LogP contribution in [0, 0.1) is 0 Å². The van der Waals surface area contributed by atoms with Crippen molar-refractivity contribution in [2.75, 3.05) is 33.0 Å². The second-order valence-corrected chi connectivity index (χ2v) is 6.36. The fraction of sp³-hybridized carbons (Fsp3) is 0.571. The van der Waals surface area contributed by atoms with Crippen molar-refractivity contribution in [1.29, 1.82) is 0 Å². The van der Waals surface area contributed by atoms with E-state index in [-0.39, 0.29) is 45.2 Å². The summed E-state index contributed by atoms with van der Waals surface area (Å²) in [4.78, 5) is 33.5. The molecule has 0 bridgehead atoms. The molecule has 0 radical (unpaired) electrons. The first-order valence-electron chi connectivity index (χ1n) is 9.47. The van der Waals surface area contributed by atoms with Gasteiger partial charge in [-0.15, -0.1) is 0 Å². The van der Waals surface area contributed by atoms with E-state index in [0.29, 0.717) is 0 Å². The first-order chi connectivity index (χ1) is 14.2. The van der Waals surface area contributed by atoms with Crippen LogP contribution in [0.5, 0.6) is 0 Å². The zero-order valence-electron chi connectivity index (χ0n) is 17.9. The minimum Gasteiger partial charge on any atom is -0.460 e. The molecule has 0 heterocycles. The van der Waals surface area contributed by atoms with Crippen LogP contribution in [0.3, 0.4) is 0 Å². The van der Waals surface area contributed by atoms with Crippen molar-refractivity contribution >= 4 is 17.9 Å². The summed E-state index contributed by atoms with van der Waals surface area (Å²) in [7, 11) is 0. The Labute approximate surface area is 177 Å². The summed E-state index contributed by atoms with van der Waals surface area (Å²) in [5, 5.41) is 0. The predicted molar refractivity (Wildman–Crippen MR) is 109 cm³/mol. The second-order valence-electron chi connectivity index (χ2n) is 6.36. The number of ether oxygens (including phenoxy) is 6. The highest BCUT2D eigenvalue weighted by Gasteiger charge is 2.19. The standard InChI is InChI=1S/C21H32O9/c1-7-19(22)27-10-15(4)25-13-18(30-17(6)12-29-21(24)9-3)14-26-16(5)11-28-20(23)8-2/h7-9,15-18H,1-3,10-14H2,4-6H3. The maximum absolute atomic E-state index is 11.2. The van der Waals surface area contributed by atoms with Gasteiger partial charge in [0.1, 0.15) is 25.9 Å². The van der Waals surface area contributed by atoms with Crippen LogP contribution < -0.4 is 0 Å². The molecule has 0 aliphatic heterocycles. The lowest BCUT2D eigenvalue weighted by Crippen LogP contribution is -2.35. The van der Waals surface area contributed by atoms with E-state index in [0.717, 1.165) is 18.2 Å². The van der Waals surface area contributed by atoms with Crippen molar-refractivity contribution in [2.45, 2.75) is 45.2 Å². The van der Waals surface area contributed by atoms with Crippen molar-refractivity contribution < 1.29 is 42.8 Å². The Morgan fingerprint density at radius 1 is 0.633 bits per heavy atom. The van der Waals surface area contributed by atoms with Gasteiger partial charge in [0.15, 0.2) is 0 Å². The minimum atomic E-state index is -0.551. The number of carbonyl (C=O) groups is 3. The lowest BCUT2D eigenvalue weighted by Gasteiger charge is -2.25. The molecule has 0 amide bonds. The molecule has 0 saturated carbocycles. The average Bonchev–Trinajstić information content (AvgIpc) is 2.75. The van der Waals surface area contributed by atoms with Crippen LogP contribution in [0.4, 0.5) is 0 Å². The summed E-state index contributed by atoms with van der Waals surface area (Å²) in [6.07, 6.45) is 1.47. The SMILES string of the molecule is C=CC(=O)OCC(C)OCC(COC(C)COC(=O)C=C)OC(C)COC(=O)C=C. The molecule has 0 fully saturated rings. The average molecular weight is 428 g/mol. The van der Waals surface area contributed by atoms with Gasteiger partial charge in [0, 0.05) is 18.2 Å². The van der Waals surface area contributed by atoms with Crippen LogP contribution >= 0.6 is 0 Å². The molecule has 170 valence electrons. The summed E-state index contributed by atoms with van der Waals surface area (Å²) in [5.74, 6) is -1.63. The van der Waals surface area contributed by atoms with Crippen LogP contribution in [-0.4, -0.2) is 75.4 Å². The van der Waals surface area contributed by atoms with E-state index in [1.54, 1.807) is 20.8 Å². The third-order valence-corrected chi connectivity index (χ3v) is 3.44. The van der Waals surface area contributed by atoms with Crippen molar-refractivity contribution in [3.05, 3.63) is 38.0 Å². The first-order valence-corrected chi connectivity index (χ1v) is 9.47. The molecule has 9 nitrogen and oxygen atoms in total. The van der Waals surface area contributed by atoms with Gasteiger partial charge in [-0.05, 0) is 20.8 Å². The van der Waals surface area contributed by atoms with Crippen molar-refractivity contribution in [1.82, 2.24) is 0 Å². The molecule has 0 aromatic heterocycles. The van der Waals surface area contributed by atoms with Gasteiger partial charge in [-0.1, -0.05) is 19.7 Å². The Balaban J connectivity index is 4.61. The molecule has 30 heavy (non-hydrogen) atoms. The summed E-state index contributed by atoms with van der Waals surface area (Å²) in [6, 6.07) is 0. The van der Waals surface area contributed by atoms with E-state index in [9.17, 15) is 14.4 Å². The predicted octanol–water partition coefficient (Wildman–Crippen LogP) is 1.76. The fourth-order valence-electron chi connectivity index (χ4n) is 1.91. The van der Waals surface area contributed by atoms with Gasteiger partial charge in [0.25, 0.3) is 0 Å². The van der Waals surface area contributed by atoms with E-state index < -0.39 is 30.1 Å². The molecule has 0 rings (SSSR count). The lowest BCUT2D eigenvalue weighted by atomic mass is 10.3.